The van der Waals surface area contributed by atoms with E-state index in [1.807, 2.05) is 84.2 Å². The van der Waals surface area contributed by atoms with Crippen molar-refractivity contribution in [3.05, 3.63) is 99.8 Å². The molecule has 1 heterocycles. The van der Waals surface area contributed by atoms with E-state index in [0.29, 0.717) is 11.4 Å². The average molecular weight is 491 g/mol. The molecule has 0 aliphatic heterocycles. The van der Waals surface area contributed by atoms with Crippen LogP contribution < -0.4 is 5.32 Å². The maximum atomic E-state index is 12.8. The molecule has 0 unspecified atom stereocenters. The zero-order chi connectivity index (χ0) is 23.9. The number of carboxylic acids is 1. The Hall–Kier alpha value is -3.48. The molecule has 5 nitrogen and oxygen atoms in total. The molecule has 0 aliphatic carbocycles. The lowest BCUT2D eigenvalue weighted by Crippen LogP contribution is -2.33. The molecule has 7 heteroatoms. The highest BCUT2D eigenvalue weighted by atomic mass is 35.5. The van der Waals surface area contributed by atoms with Crippen LogP contribution in [0.4, 0.5) is 0 Å². The first-order valence-corrected chi connectivity index (χ1v) is 12.1. The molecule has 2 N–H and O–H groups in total. The van der Waals surface area contributed by atoms with Crippen LogP contribution in [0.25, 0.3) is 22.4 Å². The van der Waals surface area contributed by atoms with Gasteiger partial charge in [0.25, 0.3) is 0 Å². The van der Waals surface area contributed by atoms with E-state index in [1.54, 1.807) is 0 Å². The number of benzene rings is 3. The van der Waals surface area contributed by atoms with E-state index >= 15 is 0 Å². The molecule has 172 valence electrons. The van der Waals surface area contributed by atoms with Crippen molar-refractivity contribution in [1.82, 2.24) is 10.3 Å². The third-order valence-corrected chi connectivity index (χ3v) is 6.63. The van der Waals surface area contributed by atoms with Crippen molar-refractivity contribution in [1.29, 1.82) is 0 Å². The van der Waals surface area contributed by atoms with Gasteiger partial charge in [-0.25, -0.2) is 4.98 Å². The molecule has 0 saturated carbocycles. The van der Waals surface area contributed by atoms with E-state index in [0.717, 1.165) is 33.0 Å². The van der Waals surface area contributed by atoms with Crippen LogP contribution in [0.1, 0.15) is 17.0 Å². The number of thiazole rings is 1. The maximum absolute atomic E-state index is 12.8. The van der Waals surface area contributed by atoms with E-state index in [-0.39, 0.29) is 18.9 Å². The van der Waals surface area contributed by atoms with Crippen molar-refractivity contribution in [3.8, 4) is 22.4 Å². The maximum Gasteiger partial charge on any atom is 0.304 e. The van der Waals surface area contributed by atoms with Crippen LogP contribution in [0.2, 0.25) is 5.02 Å². The highest BCUT2D eigenvalue weighted by molar-refractivity contribution is 7.09. The fraction of sp³-hybridized carbons (Fsp3) is 0.148. The number of rotatable bonds is 9. The van der Waals surface area contributed by atoms with Crippen LogP contribution >= 0.6 is 22.9 Å². The van der Waals surface area contributed by atoms with Crippen LogP contribution in [0.15, 0.2) is 84.2 Å². The van der Waals surface area contributed by atoms with Gasteiger partial charge in [0, 0.05) is 21.5 Å². The van der Waals surface area contributed by atoms with Gasteiger partial charge < -0.3 is 10.4 Å². The van der Waals surface area contributed by atoms with Crippen LogP contribution in [0, 0.1) is 5.92 Å². The first-order valence-electron chi connectivity index (χ1n) is 10.8. The molecule has 34 heavy (non-hydrogen) atoms. The summed E-state index contributed by atoms with van der Waals surface area (Å²) in [7, 11) is 0. The molecular weight excluding hydrogens is 468 g/mol. The number of carbonyl (C=O) groups is 2. The smallest absolute Gasteiger partial charge is 0.304 e. The van der Waals surface area contributed by atoms with Gasteiger partial charge >= 0.3 is 5.97 Å². The molecule has 0 spiro atoms. The summed E-state index contributed by atoms with van der Waals surface area (Å²) in [5.74, 6) is -1.94. The lowest BCUT2D eigenvalue weighted by Gasteiger charge is -2.14. The molecule has 4 aromatic rings. The second kappa shape index (κ2) is 11.1. The van der Waals surface area contributed by atoms with Gasteiger partial charge in [-0.15, -0.1) is 11.3 Å². The molecule has 4 rings (SSSR count). The summed E-state index contributed by atoms with van der Waals surface area (Å²) in [6.07, 6.45) is 0.141. The molecule has 1 atom stereocenters. The Morgan fingerprint density at radius 3 is 2.26 bits per heavy atom. The van der Waals surface area contributed by atoms with Gasteiger partial charge in [-0.1, -0.05) is 84.4 Å². The minimum Gasteiger partial charge on any atom is -0.481 e. The summed E-state index contributed by atoms with van der Waals surface area (Å²) in [6.45, 7) is 0.239. The first-order chi connectivity index (χ1) is 16.5. The van der Waals surface area contributed by atoms with Crippen molar-refractivity contribution in [2.24, 2.45) is 5.92 Å². The molecular formula is C27H23ClN2O3S. The third kappa shape index (κ3) is 5.90. The Labute approximate surface area is 207 Å². The van der Waals surface area contributed by atoms with E-state index < -0.39 is 11.9 Å². The summed E-state index contributed by atoms with van der Waals surface area (Å²) in [5.41, 5.74) is 4.60. The number of nitrogens with zero attached hydrogens (tertiary/aromatic N) is 1. The fourth-order valence-corrected chi connectivity index (χ4v) is 4.78. The lowest BCUT2D eigenvalue weighted by atomic mass is 9.95. The normalized spacial score (nSPS) is 11.7. The molecule has 0 saturated heterocycles. The Bertz CT molecular complexity index is 1290. The quantitative estimate of drug-likeness (QED) is 0.298. The lowest BCUT2D eigenvalue weighted by molar-refractivity contribution is -0.141. The zero-order valence-electron chi connectivity index (χ0n) is 18.3. The number of aromatic nitrogens is 1. The molecule has 0 radical (unpaired) electrons. The predicted molar refractivity (Wildman–Crippen MR) is 136 cm³/mol. The average Bonchev–Trinajstić information content (AvgIpc) is 3.32. The van der Waals surface area contributed by atoms with Crippen molar-refractivity contribution in [3.63, 3.8) is 0 Å². The SMILES string of the molecule is O=C(O)C[C@@H](Cc1ccccc1)C(=O)NCc1nc(-c2ccccc2-c2ccccc2Cl)cs1. The minimum atomic E-state index is -0.996. The number of carbonyl (C=O) groups excluding carboxylic acids is 1. The summed E-state index contributed by atoms with van der Waals surface area (Å²) >= 11 is 7.87. The number of carboxylic acid groups (broad SMARTS) is 1. The van der Waals surface area contributed by atoms with Crippen LogP contribution in [0.3, 0.4) is 0 Å². The highest BCUT2D eigenvalue weighted by Gasteiger charge is 2.22. The second-order valence-electron chi connectivity index (χ2n) is 7.85. The predicted octanol–water partition coefficient (Wildman–Crippen LogP) is 6.08. The largest absolute Gasteiger partial charge is 0.481 e. The Morgan fingerprint density at radius 1 is 0.912 bits per heavy atom. The number of halogens is 1. The number of aliphatic carboxylic acids is 1. The van der Waals surface area contributed by atoms with Gasteiger partial charge in [0.15, 0.2) is 0 Å². The van der Waals surface area contributed by atoms with E-state index in [1.165, 1.54) is 11.3 Å². The molecule has 0 aliphatic rings. The van der Waals surface area contributed by atoms with Crippen LogP contribution in [-0.4, -0.2) is 22.0 Å². The standard InChI is InChI=1S/C27H23ClN2O3S/c28-23-13-7-6-11-21(23)20-10-4-5-12-22(20)24-17-34-25(30-24)16-29-27(33)19(15-26(31)32)14-18-8-2-1-3-9-18/h1-13,17,19H,14-16H2,(H,29,33)(H,31,32)/t19-/m1/s1. The van der Waals surface area contributed by atoms with Crippen molar-refractivity contribution in [2.75, 3.05) is 0 Å². The Morgan fingerprint density at radius 2 is 1.56 bits per heavy atom. The molecule has 0 fully saturated rings. The molecule has 1 aromatic heterocycles. The van der Waals surface area contributed by atoms with Gasteiger partial charge in [0.2, 0.25) is 5.91 Å². The number of hydrogen-bond donors (Lipinski definition) is 2. The third-order valence-electron chi connectivity index (χ3n) is 5.45. The highest BCUT2D eigenvalue weighted by Crippen LogP contribution is 2.36. The zero-order valence-corrected chi connectivity index (χ0v) is 19.9. The van der Waals surface area contributed by atoms with Crippen molar-refractivity contribution < 1.29 is 14.7 Å². The number of amides is 1. The Balaban J connectivity index is 1.48. The van der Waals surface area contributed by atoms with E-state index in [2.05, 4.69) is 5.32 Å². The Kier molecular flexibility index (Phi) is 7.72. The van der Waals surface area contributed by atoms with Crippen molar-refractivity contribution in [2.45, 2.75) is 19.4 Å². The molecule has 1 amide bonds. The van der Waals surface area contributed by atoms with Crippen molar-refractivity contribution >= 4 is 34.8 Å². The van der Waals surface area contributed by atoms with E-state index in [4.69, 9.17) is 16.6 Å². The topological polar surface area (TPSA) is 79.3 Å². The number of hydrogen-bond acceptors (Lipinski definition) is 4. The monoisotopic (exact) mass is 490 g/mol. The molecule has 0 bridgehead atoms. The van der Waals surface area contributed by atoms with E-state index in [9.17, 15) is 14.7 Å². The van der Waals surface area contributed by atoms with Gasteiger partial charge in [-0.2, -0.15) is 0 Å². The minimum absolute atomic E-state index is 0.227. The first kappa shape index (κ1) is 23.7. The fourth-order valence-electron chi connectivity index (χ4n) is 3.81. The van der Waals surface area contributed by atoms with Crippen LogP contribution in [0.5, 0.6) is 0 Å². The second-order valence-corrected chi connectivity index (χ2v) is 9.20. The summed E-state index contributed by atoms with van der Waals surface area (Å²) in [6, 6.07) is 25.0. The molecule has 3 aromatic carbocycles. The summed E-state index contributed by atoms with van der Waals surface area (Å²) in [5, 5.41) is 15.5. The van der Waals surface area contributed by atoms with Gasteiger partial charge in [0.05, 0.1) is 24.6 Å². The van der Waals surface area contributed by atoms with Gasteiger partial charge in [-0.05, 0) is 23.6 Å². The van der Waals surface area contributed by atoms with Gasteiger partial charge in [0.1, 0.15) is 5.01 Å². The summed E-state index contributed by atoms with van der Waals surface area (Å²) < 4.78 is 0. The van der Waals surface area contributed by atoms with Gasteiger partial charge in [-0.3, -0.25) is 9.59 Å². The summed E-state index contributed by atoms with van der Waals surface area (Å²) in [4.78, 5) is 28.8. The van der Waals surface area contributed by atoms with Crippen LogP contribution in [-0.2, 0) is 22.6 Å². The number of nitrogens with one attached hydrogen (secondary N) is 1.